The molecule has 4 nitrogen and oxygen atoms in total. The molecule has 0 radical (unpaired) electrons. The van der Waals surface area contributed by atoms with Gasteiger partial charge in [-0.2, -0.15) is 0 Å². The highest BCUT2D eigenvalue weighted by molar-refractivity contribution is 7.90. The molecule has 112 valence electrons. The Morgan fingerprint density at radius 1 is 1.45 bits per heavy atom. The van der Waals surface area contributed by atoms with E-state index in [0.717, 1.165) is 37.9 Å². The predicted molar refractivity (Wildman–Crippen MR) is 80.4 cm³/mol. The topological polar surface area (TPSA) is 55.4 Å². The quantitative estimate of drug-likeness (QED) is 0.925. The van der Waals surface area contributed by atoms with Gasteiger partial charge in [0, 0.05) is 6.26 Å². The molecule has 0 saturated carbocycles. The third-order valence-electron chi connectivity index (χ3n) is 3.60. The molecule has 0 bridgehead atoms. The van der Waals surface area contributed by atoms with Gasteiger partial charge >= 0.3 is 0 Å². The van der Waals surface area contributed by atoms with Gasteiger partial charge in [-0.05, 0) is 56.0 Å². The Hall–Kier alpha value is -0.780. The number of ether oxygens (including phenoxy) is 1. The minimum Gasteiger partial charge on any atom is -0.494 e. The van der Waals surface area contributed by atoms with Crippen LogP contribution in [-0.2, 0) is 16.3 Å². The number of hydrogen-bond donors (Lipinski definition) is 1. The summed E-state index contributed by atoms with van der Waals surface area (Å²) in [5.74, 6) is 0.764. The maximum absolute atomic E-state index is 11.9. The average molecular weight is 318 g/mol. The van der Waals surface area contributed by atoms with Crippen LogP contribution in [0.2, 0.25) is 5.02 Å². The molecule has 1 aliphatic rings. The molecule has 0 aromatic heterocycles. The Morgan fingerprint density at radius 2 is 2.20 bits per heavy atom. The highest BCUT2D eigenvalue weighted by Gasteiger charge is 2.20. The van der Waals surface area contributed by atoms with Crippen molar-refractivity contribution in [2.45, 2.75) is 24.2 Å². The Kier molecular flexibility index (Phi) is 4.94. The van der Waals surface area contributed by atoms with Gasteiger partial charge in [0.05, 0.1) is 12.1 Å². The normalized spacial score (nSPS) is 19.9. The molecular weight excluding hydrogens is 298 g/mol. The largest absolute Gasteiger partial charge is 0.494 e. The van der Waals surface area contributed by atoms with E-state index in [1.165, 1.54) is 13.4 Å². The smallest absolute Gasteiger partial charge is 0.179 e. The first-order valence-electron chi connectivity index (χ1n) is 6.69. The van der Waals surface area contributed by atoms with E-state index in [1.54, 1.807) is 6.07 Å². The van der Waals surface area contributed by atoms with Gasteiger partial charge in [0.2, 0.25) is 0 Å². The molecule has 2 rings (SSSR count). The SMILES string of the molecule is COc1c(Cl)cc(CC2CCCNC2)cc1S(C)(=O)=O. The molecule has 1 N–H and O–H groups in total. The second kappa shape index (κ2) is 6.33. The van der Waals surface area contributed by atoms with Gasteiger partial charge in [-0.25, -0.2) is 8.42 Å². The van der Waals surface area contributed by atoms with Gasteiger partial charge in [-0.15, -0.1) is 0 Å². The van der Waals surface area contributed by atoms with Crippen molar-refractivity contribution >= 4 is 21.4 Å². The van der Waals surface area contributed by atoms with Gasteiger partial charge in [0.1, 0.15) is 4.90 Å². The lowest BCUT2D eigenvalue weighted by Gasteiger charge is -2.23. The molecule has 0 aliphatic carbocycles. The number of rotatable bonds is 4. The summed E-state index contributed by atoms with van der Waals surface area (Å²) < 4.78 is 28.8. The van der Waals surface area contributed by atoms with Gasteiger partial charge in [-0.1, -0.05) is 11.6 Å². The van der Waals surface area contributed by atoms with E-state index in [9.17, 15) is 8.42 Å². The number of sulfone groups is 1. The zero-order valence-corrected chi connectivity index (χ0v) is 13.4. The van der Waals surface area contributed by atoms with E-state index < -0.39 is 9.84 Å². The molecule has 1 unspecified atom stereocenters. The van der Waals surface area contributed by atoms with E-state index >= 15 is 0 Å². The molecular formula is C14H20ClNO3S. The van der Waals surface area contributed by atoms with Gasteiger partial charge in [0.25, 0.3) is 0 Å². The zero-order valence-electron chi connectivity index (χ0n) is 11.8. The van der Waals surface area contributed by atoms with Crippen molar-refractivity contribution < 1.29 is 13.2 Å². The molecule has 1 atom stereocenters. The molecule has 1 heterocycles. The molecule has 1 aliphatic heterocycles. The van der Waals surface area contributed by atoms with Gasteiger partial charge in [0.15, 0.2) is 15.6 Å². The minimum absolute atomic E-state index is 0.172. The average Bonchev–Trinajstić information content (AvgIpc) is 2.38. The summed E-state index contributed by atoms with van der Waals surface area (Å²) in [4.78, 5) is 0.172. The second-order valence-corrected chi connectivity index (χ2v) is 7.69. The molecule has 20 heavy (non-hydrogen) atoms. The second-order valence-electron chi connectivity index (χ2n) is 5.30. The molecule has 1 fully saturated rings. The lowest BCUT2D eigenvalue weighted by molar-refractivity contribution is 0.375. The van der Waals surface area contributed by atoms with Crippen LogP contribution < -0.4 is 10.1 Å². The first kappa shape index (κ1) is 15.6. The van der Waals surface area contributed by atoms with Crippen molar-refractivity contribution in [3.8, 4) is 5.75 Å². The Morgan fingerprint density at radius 3 is 2.75 bits per heavy atom. The lowest BCUT2D eigenvalue weighted by atomic mass is 9.92. The standard InChI is InChI=1S/C14H20ClNO3S/c1-19-14-12(15)7-11(8-13(14)20(2,17)18)6-10-4-3-5-16-9-10/h7-8,10,16H,3-6,9H2,1-2H3. The fourth-order valence-corrected chi connectivity index (χ4v) is 3.92. The predicted octanol–water partition coefficient (Wildman–Crippen LogP) is 2.29. The Labute approximate surface area is 125 Å². The van der Waals surface area contributed by atoms with Crippen LogP contribution in [0.1, 0.15) is 18.4 Å². The van der Waals surface area contributed by atoms with E-state index in [0.29, 0.717) is 10.9 Å². The van der Waals surface area contributed by atoms with Crippen LogP contribution in [0.15, 0.2) is 17.0 Å². The zero-order chi connectivity index (χ0) is 14.8. The van der Waals surface area contributed by atoms with Crippen molar-refractivity contribution in [3.63, 3.8) is 0 Å². The van der Waals surface area contributed by atoms with E-state index in [-0.39, 0.29) is 10.6 Å². The monoisotopic (exact) mass is 317 g/mol. The van der Waals surface area contributed by atoms with Gasteiger partial charge < -0.3 is 10.1 Å². The number of hydrogen-bond acceptors (Lipinski definition) is 4. The highest BCUT2D eigenvalue weighted by atomic mass is 35.5. The highest BCUT2D eigenvalue weighted by Crippen LogP contribution is 2.34. The number of halogens is 1. The van der Waals surface area contributed by atoms with Crippen molar-refractivity contribution in [1.29, 1.82) is 0 Å². The number of piperidine rings is 1. The first-order chi connectivity index (χ1) is 9.41. The molecule has 1 aromatic rings. The summed E-state index contributed by atoms with van der Waals surface area (Å²) in [5, 5.41) is 3.72. The van der Waals surface area contributed by atoms with Crippen molar-refractivity contribution in [2.75, 3.05) is 26.5 Å². The third kappa shape index (κ3) is 3.65. The van der Waals surface area contributed by atoms with E-state index in [1.807, 2.05) is 6.07 Å². The fourth-order valence-electron chi connectivity index (χ4n) is 2.64. The van der Waals surface area contributed by atoms with E-state index in [2.05, 4.69) is 5.32 Å². The molecule has 6 heteroatoms. The van der Waals surface area contributed by atoms with E-state index in [4.69, 9.17) is 16.3 Å². The van der Waals surface area contributed by atoms with Gasteiger partial charge in [-0.3, -0.25) is 0 Å². The van der Waals surface area contributed by atoms with Crippen molar-refractivity contribution in [2.24, 2.45) is 5.92 Å². The Balaban J connectivity index is 2.33. The first-order valence-corrected chi connectivity index (χ1v) is 8.96. The molecule has 1 saturated heterocycles. The summed E-state index contributed by atoms with van der Waals surface area (Å²) in [5.41, 5.74) is 0.949. The van der Waals surface area contributed by atoms with Crippen LogP contribution in [-0.4, -0.2) is 34.9 Å². The summed E-state index contributed by atoms with van der Waals surface area (Å²) >= 11 is 6.15. The summed E-state index contributed by atoms with van der Waals surface area (Å²) in [6.45, 7) is 2.03. The van der Waals surface area contributed by atoms with Crippen LogP contribution in [0.25, 0.3) is 0 Å². The summed E-state index contributed by atoms with van der Waals surface area (Å²) in [6.07, 6.45) is 4.32. The van der Waals surface area contributed by atoms with Crippen LogP contribution in [0.3, 0.4) is 0 Å². The van der Waals surface area contributed by atoms with Crippen molar-refractivity contribution in [1.82, 2.24) is 5.32 Å². The summed E-state index contributed by atoms with van der Waals surface area (Å²) in [7, 11) is -1.93. The maximum atomic E-state index is 11.9. The minimum atomic E-state index is -3.36. The third-order valence-corrected chi connectivity index (χ3v) is 4.98. The number of benzene rings is 1. The molecule has 0 amide bonds. The maximum Gasteiger partial charge on any atom is 0.179 e. The number of methoxy groups -OCH3 is 1. The number of nitrogens with one attached hydrogen (secondary N) is 1. The molecule has 1 aromatic carbocycles. The van der Waals surface area contributed by atoms with Crippen molar-refractivity contribution in [3.05, 3.63) is 22.7 Å². The molecule has 0 spiro atoms. The lowest BCUT2D eigenvalue weighted by Crippen LogP contribution is -2.30. The Bertz CT molecular complexity index is 580. The van der Waals surface area contributed by atoms with Crippen LogP contribution in [0, 0.1) is 5.92 Å². The fraction of sp³-hybridized carbons (Fsp3) is 0.571. The van der Waals surface area contributed by atoms with Crippen LogP contribution in [0.5, 0.6) is 5.75 Å². The van der Waals surface area contributed by atoms with Crippen LogP contribution >= 0.6 is 11.6 Å². The summed E-state index contributed by atoms with van der Waals surface area (Å²) in [6, 6.07) is 3.50. The van der Waals surface area contributed by atoms with Crippen LogP contribution in [0.4, 0.5) is 0 Å².